The average Bonchev–Trinajstić information content (AvgIpc) is 3.08. The number of nitrogens with zero attached hydrogens (tertiary/aromatic N) is 3. The number of methoxy groups -OCH3 is 1. The first-order chi connectivity index (χ1) is 23.8. The standard InChI is InChI=1S/C37H61N3O11/c1-12-27-37(8,45)32(43)22(4)29(39-46)20(2)18-36(7,47-11)33(51-35-30(42)26(40(9)10)16-21(3)48-35)23(5)31(24(6)34(44)49-27)50-28(41)17-25-14-13-15-38-19-25/h13-15,19-24,26-27,30-33,35,42-43,45-46H,12,16-18H2,1-11H3/b39-29+/t20-,21-,22+,23+,24-,26+,27-,30-,31+,32-,33-,35+,36+,37-/m1/s1. The Morgan fingerprint density at radius 3 is 2.35 bits per heavy atom. The summed E-state index contributed by atoms with van der Waals surface area (Å²) in [6.45, 7) is 13.5. The third kappa shape index (κ3) is 9.83. The van der Waals surface area contributed by atoms with Crippen molar-refractivity contribution in [2.24, 2.45) is 28.8 Å². The Balaban J connectivity index is 2.21. The third-order valence-corrected chi connectivity index (χ3v) is 11.0. The Labute approximate surface area is 302 Å². The first-order valence-electron chi connectivity index (χ1n) is 17.9. The van der Waals surface area contributed by atoms with Crippen molar-refractivity contribution in [3.05, 3.63) is 30.1 Å². The van der Waals surface area contributed by atoms with Gasteiger partial charge in [0.2, 0.25) is 0 Å². The summed E-state index contributed by atoms with van der Waals surface area (Å²) in [6, 6.07) is 3.15. The maximum Gasteiger partial charge on any atom is 0.312 e. The molecule has 0 spiro atoms. The van der Waals surface area contributed by atoms with E-state index < -0.39 is 83.6 Å². The molecule has 14 heteroatoms. The van der Waals surface area contributed by atoms with Gasteiger partial charge in [0.1, 0.15) is 23.9 Å². The second-order valence-electron chi connectivity index (χ2n) is 15.2. The number of oxime groups is 1. The number of aliphatic hydroxyl groups excluding tert-OH is 2. The molecule has 51 heavy (non-hydrogen) atoms. The fourth-order valence-corrected chi connectivity index (χ4v) is 7.85. The number of hydrogen-bond donors (Lipinski definition) is 4. The summed E-state index contributed by atoms with van der Waals surface area (Å²) in [4.78, 5) is 33.6. The van der Waals surface area contributed by atoms with E-state index in [2.05, 4.69) is 10.1 Å². The third-order valence-electron chi connectivity index (χ3n) is 11.0. The Kier molecular flexibility index (Phi) is 15.0. The van der Waals surface area contributed by atoms with E-state index in [4.69, 9.17) is 23.7 Å². The van der Waals surface area contributed by atoms with E-state index in [1.165, 1.54) is 14.0 Å². The van der Waals surface area contributed by atoms with Crippen molar-refractivity contribution in [2.45, 2.75) is 141 Å². The molecule has 14 nitrogen and oxygen atoms in total. The summed E-state index contributed by atoms with van der Waals surface area (Å²) >= 11 is 0. The van der Waals surface area contributed by atoms with Crippen LogP contribution in [0.4, 0.5) is 0 Å². The second-order valence-corrected chi connectivity index (χ2v) is 15.2. The van der Waals surface area contributed by atoms with Crippen molar-refractivity contribution < 1.29 is 53.8 Å². The molecule has 2 fully saturated rings. The Morgan fingerprint density at radius 2 is 1.80 bits per heavy atom. The number of cyclic esters (lactones) is 1. The van der Waals surface area contributed by atoms with Crippen molar-refractivity contribution in [2.75, 3.05) is 21.2 Å². The fourth-order valence-electron chi connectivity index (χ4n) is 7.85. The van der Waals surface area contributed by atoms with Crippen LogP contribution in [0.5, 0.6) is 0 Å². The van der Waals surface area contributed by atoms with Gasteiger partial charge in [-0.05, 0) is 72.7 Å². The van der Waals surface area contributed by atoms with Crippen LogP contribution in [-0.2, 0) is 39.7 Å². The van der Waals surface area contributed by atoms with Gasteiger partial charge in [0.15, 0.2) is 6.29 Å². The molecule has 0 aromatic carbocycles. The van der Waals surface area contributed by atoms with Crippen LogP contribution < -0.4 is 0 Å². The number of rotatable bonds is 8. The summed E-state index contributed by atoms with van der Waals surface area (Å²) in [5.41, 5.74) is -2.42. The number of pyridine rings is 1. The smallest absolute Gasteiger partial charge is 0.312 e. The lowest BCUT2D eigenvalue weighted by Gasteiger charge is -2.48. The van der Waals surface area contributed by atoms with Crippen LogP contribution in [0.2, 0.25) is 0 Å². The molecular formula is C37H61N3O11. The van der Waals surface area contributed by atoms with E-state index in [1.54, 1.807) is 66.1 Å². The van der Waals surface area contributed by atoms with Gasteiger partial charge >= 0.3 is 11.9 Å². The van der Waals surface area contributed by atoms with Crippen LogP contribution in [0.3, 0.4) is 0 Å². The molecule has 2 aliphatic rings. The Hall–Kier alpha value is -2.72. The molecule has 290 valence electrons. The molecule has 1 aromatic heterocycles. The van der Waals surface area contributed by atoms with Gasteiger partial charge < -0.3 is 49.1 Å². The molecule has 0 unspecified atom stereocenters. The second kappa shape index (κ2) is 17.9. The number of carbonyl (C=O) groups excluding carboxylic acids is 2. The summed E-state index contributed by atoms with van der Waals surface area (Å²) in [7, 11) is 5.23. The monoisotopic (exact) mass is 723 g/mol. The minimum absolute atomic E-state index is 0.123. The SMILES string of the molecule is CC[C@H]1OC(=O)[C@H](C)[C@@H](OC(=O)Cc2cccnc2)[C@H](C)[C@@H](O[C@@H]2O[C@H](C)C[C@H](N(C)C)[C@H]2O)[C@@](C)(OC)C[C@@H](C)/C(=N\O)[C@H](C)[C@@H](O)[C@]1(C)O. The summed E-state index contributed by atoms with van der Waals surface area (Å²) in [5.74, 6) is -4.72. The number of aliphatic hydroxyl groups is 3. The molecule has 3 rings (SSSR count). The highest BCUT2D eigenvalue weighted by Gasteiger charge is 2.52. The molecule has 2 aliphatic heterocycles. The highest BCUT2D eigenvalue weighted by molar-refractivity contribution is 5.88. The maximum atomic E-state index is 14.0. The molecule has 0 bridgehead atoms. The lowest BCUT2D eigenvalue weighted by Crippen LogP contribution is -2.60. The van der Waals surface area contributed by atoms with E-state index >= 15 is 0 Å². The van der Waals surface area contributed by atoms with E-state index in [0.717, 1.165) is 0 Å². The van der Waals surface area contributed by atoms with E-state index in [9.17, 15) is 30.1 Å². The molecule has 2 saturated heterocycles. The predicted molar refractivity (Wildman–Crippen MR) is 188 cm³/mol. The maximum absolute atomic E-state index is 14.0. The van der Waals surface area contributed by atoms with Crippen molar-refractivity contribution in [3.63, 3.8) is 0 Å². The molecule has 0 radical (unpaired) electrons. The first kappa shape index (κ1) is 42.7. The van der Waals surface area contributed by atoms with Gasteiger partial charge in [-0.15, -0.1) is 0 Å². The lowest BCUT2D eigenvalue weighted by atomic mass is 9.73. The zero-order valence-corrected chi connectivity index (χ0v) is 32.1. The van der Waals surface area contributed by atoms with Crippen LogP contribution >= 0.6 is 0 Å². The highest BCUT2D eigenvalue weighted by atomic mass is 16.7. The van der Waals surface area contributed by atoms with Crippen molar-refractivity contribution >= 4 is 17.7 Å². The zero-order chi connectivity index (χ0) is 38.4. The van der Waals surface area contributed by atoms with E-state index in [1.807, 2.05) is 25.9 Å². The Morgan fingerprint density at radius 1 is 1.14 bits per heavy atom. The zero-order valence-electron chi connectivity index (χ0n) is 32.1. The van der Waals surface area contributed by atoms with Gasteiger partial charge in [-0.3, -0.25) is 14.6 Å². The van der Waals surface area contributed by atoms with Gasteiger partial charge in [-0.25, -0.2) is 0 Å². The molecule has 3 heterocycles. The number of ether oxygens (including phenoxy) is 5. The van der Waals surface area contributed by atoms with Gasteiger partial charge in [-0.1, -0.05) is 38.9 Å². The number of aromatic nitrogens is 1. The van der Waals surface area contributed by atoms with Crippen molar-refractivity contribution in [1.29, 1.82) is 0 Å². The fraction of sp³-hybridized carbons (Fsp3) is 0.784. The predicted octanol–water partition coefficient (Wildman–Crippen LogP) is 2.96. The Bertz CT molecular complexity index is 1310. The topological polar surface area (TPSA) is 190 Å². The van der Waals surface area contributed by atoms with Crippen LogP contribution in [0.1, 0.15) is 80.2 Å². The van der Waals surface area contributed by atoms with Crippen molar-refractivity contribution in [1.82, 2.24) is 9.88 Å². The van der Waals surface area contributed by atoms with E-state index in [-0.39, 0.29) is 37.1 Å². The number of hydrogen-bond acceptors (Lipinski definition) is 14. The van der Waals surface area contributed by atoms with Crippen LogP contribution in [0, 0.1) is 23.7 Å². The molecule has 0 aliphatic carbocycles. The number of likely N-dealkylation sites (N-methyl/N-ethyl adjacent to an activating group) is 1. The number of carbonyl (C=O) groups is 2. The van der Waals surface area contributed by atoms with Gasteiger partial charge in [0.25, 0.3) is 0 Å². The van der Waals surface area contributed by atoms with Crippen molar-refractivity contribution in [3.8, 4) is 0 Å². The average molecular weight is 724 g/mol. The van der Waals surface area contributed by atoms with Crippen LogP contribution in [0.15, 0.2) is 29.7 Å². The minimum Gasteiger partial charge on any atom is -0.461 e. The number of esters is 2. The highest BCUT2D eigenvalue weighted by Crippen LogP contribution is 2.40. The largest absolute Gasteiger partial charge is 0.461 e. The minimum atomic E-state index is -1.95. The van der Waals surface area contributed by atoms with Crippen LogP contribution in [0.25, 0.3) is 0 Å². The molecule has 1 aromatic rings. The summed E-state index contributed by atoms with van der Waals surface area (Å²) in [6.07, 6.45) is -3.44. The molecule has 14 atom stereocenters. The molecule has 0 amide bonds. The molecule has 4 N–H and O–H groups in total. The molecule has 0 saturated carbocycles. The molecular weight excluding hydrogens is 662 g/mol. The van der Waals surface area contributed by atoms with E-state index in [0.29, 0.717) is 12.0 Å². The van der Waals surface area contributed by atoms with Crippen LogP contribution in [-0.4, -0.2) is 129 Å². The normalized spacial score (nSPS) is 41.2. The lowest BCUT2D eigenvalue weighted by molar-refractivity contribution is -0.301. The quantitative estimate of drug-likeness (QED) is 0.174. The van der Waals surface area contributed by atoms with Gasteiger partial charge in [0.05, 0.1) is 42.0 Å². The summed E-state index contributed by atoms with van der Waals surface area (Å²) in [5, 5.41) is 48.5. The summed E-state index contributed by atoms with van der Waals surface area (Å²) < 4.78 is 31.2. The first-order valence-corrected chi connectivity index (χ1v) is 17.9. The van der Waals surface area contributed by atoms with Gasteiger partial charge in [0, 0.05) is 43.3 Å². The van der Waals surface area contributed by atoms with Gasteiger partial charge in [-0.2, -0.15) is 0 Å².